The maximum absolute atomic E-state index is 5.04. The Bertz CT molecular complexity index is 1780. The van der Waals surface area contributed by atoms with Crippen LogP contribution in [-0.2, 0) is 0 Å². The standard InChI is InChI=1S/C32H21N3/c1-2-10-22(11-3-1)31-32(34-28-15-7-6-14-27(28)33-31)23-18-20-24(21-19-23)35-29-16-8-4-12-25(29)26-13-5-9-17-30(26)35/h1-21H. The van der Waals surface area contributed by atoms with E-state index in [9.17, 15) is 0 Å². The van der Waals surface area contributed by atoms with E-state index >= 15 is 0 Å². The second-order valence-corrected chi connectivity index (χ2v) is 8.69. The van der Waals surface area contributed by atoms with E-state index in [2.05, 4.69) is 89.5 Å². The lowest BCUT2D eigenvalue weighted by molar-refractivity contribution is 1.18. The molecule has 0 radical (unpaired) electrons. The zero-order valence-corrected chi connectivity index (χ0v) is 19.0. The van der Waals surface area contributed by atoms with Gasteiger partial charge in [0.05, 0.1) is 33.5 Å². The van der Waals surface area contributed by atoms with E-state index in [1.807, 2.05) is 42.5 Å². The molecule has 0 fully saturated rings. The first-order chi connectivity index (χ1) is 17.4. The second-order valence-electron chi connectivity index (χ2n) is 8.69. The van der Waals surface area contributed by atoms with Crippen molar-refractivity contribution in [1.29, 1.82) is 0 Å². The van der Waals surface area contributed by atoms with Crippen molar-refractivity contribution < 1.29 is 0 Å². The zero-order valence-electron chi connectivity index (χ0n) is 19.0. The highest BCUT2D eigenvalue weighted by Gasteiger charge is 2.15. The lowest BCUT2D eigenvalue weighted by Gasteiger charge is -2.12. The number of aromatic nitrogens is 3. The molecule has 0 aliphatic heterocycles. The summed E-state index contributed by atoms with van der Waals surface area (Å²) in [5.41, 5.74) is 9.23. The molecule has 164 valence electrons. The average molecular weight is 448 g/mol. The monoisotopic (exact) mass is 447 g/mol. The van der Waals surface area contributed by atoms with E-state index in [1.165, 1.54) is 21.8 Å². The van der Waals surface area contributed by atoms with Gasteiger partial charge in [-0.1, -0.05) is 91.0 Å². The third kappa shape index (κ3) is 3.21. The molecule has 35 heavy (non-hydrogen) atoms. The quantitative estimate of drug-likeness (QED) is 0.274. The van der Waals surface area contributed by atoms with Crippen LogP contribution < -0.4 is 0 Å². The normalized spacial score (nSPS) is 11.4. The molecule has 0 bridgehead atoms. The first-order valence-electron chi connectivity index (χ1n) is 11.8. The van der Waals surface area contributed by atoms with E-state index in [-0.39, 0.29) is 0 Å². The number of nitrogens with zero attached hydrogens (tertiary/aromatic N) is 3. The molecule has 7 aromatic rings. The molecule has 0 atom stereocenters. The summed E-state index contributed by atoms with van der Waals surface area (Å²) in [5, 5.41) is 2.53. The highest BCUT2D eigenvalue weighted by Crippen LogP contribution is 2.34. The molecule has 0 unspecified atom stereocenters. The minimum atomic E-state index is 0.892. The number of para-hydroxylation sites is 4. The van der Waals surface area contributed by atoms with Gasteiger partial charge in [0.2, 0.25) is 0 Å². The number of rotatable bonds is 3. The van der Waals surface area contributed by atoms with Crippen LogP contribution in [0.4, 0.5) is 0 Å². The van der Waals surface area contributed by atoms with Crippen LogP contribution in [0, 0.1) is 0 Å². The van der Waals surface area contributed by atoms with E-state index in [0.29, 0.717) is 0 Å². The molecule has 2 heterocycles. The molecule has 2 aromatic heterocycles. The third-order valence-electron chi connectivity index (χ3n) is 6.60. The maximum Gasteiger partial charge on any atom is 0.0973 e. The van der Waals surface area contributed by atoms with Crippen LogP contribution in [0.2, 0.25) is 0 Å². The first-order valence-corrected chi connectivity index (χ1v) is 11.8. The van der Waals surface area contributed by atoms with Gasteiger partial charge < -0.3 is 4.57 Å². The zero-order chi connectivity index (χ0) is 23.2. The van der Waals surface area contributed by atoms with Gasteiger partial charge in [0.15, 0.2) is 0 Å². The molecular formula is C32H21N3. The third-order valence-corrected chi connectivity index (χ3v) is 6.60. The summed E-state index contributed by atoms with van der Waals surface area (Å²) in [6.45, 7) is 0. The van der Waals surface area contributed by atoms with Crippen LogP contribution in [0.25, 0.3) is 61.0 Å². The maximum atomic E-state index is 5.04. The van der Waals surface area contributed by atoms with Gasteiger partial charge in [0.25, 0.3) is 0 Å². The Morgan fingerprint density at radius 1 is 0.400 bits per heavy atom. The lowest BCUT2D eigenvalue weighted by Crippen LogP contribution is -1.97. The average Bonchev–Trinajstić information content (AvgIpc) is 3.27. The number of fused-ring (bicyclic) bond motifs is 4. The van der Waals surface area contributed by atoms with Crippen molar-refractivity contribution in [2.75, 3.05) is 0 Å². The molecule has 5 aromatic carbocycles. The molecule has 0 saturated heterocycles. The molecule has 0 saturated carbocycles. The SMILES string of the molecule is c1ccc(-c2nc3ccccc3nc2-c2ccc(-n3c4ccccc4c4ccccc43)cc2)cc1. The van der Waals surface area contributed by atoms with Gasteiger partial charge >= 0.3 is 0 Å². The summed E-state index contributed by atoms with van der Waals surface area (Å²) in [7, 11) is 0. The predicted octanol–water partition coefficient (Wildman–Crippen LogP) is 8.06. The molecule has 0 aliphatic rings. The summed E-state index contributed by atoms with van der Waals surface area (Å²) in [4.78, 5) is 10.1. The van der Waals surface area contributed by atoms with Crippen molar-refractivity contribution in [2.24, 2.45) is 0 Å². The van der Waals surface area contributed by atoms with Crippen molar-refractivity contribution in [3.63, 3.8) is 0 Å². The van der Waals surface area contributed by atoms with E-state index < -0.39 is 0 Å². The van der Waals surface area contributed by atoms with E-state index in [1.54, 1.807) is 0 Å². The van der Waals surface area contributed by atoms with Crippen molar-refractivity contribution in [3.8, 4) is 28.2 Å². The minimum Gasteiger partial charge on any atom is -0.309 e. The number of benzene rings is 5. The Labute approximate surface area is 203 Å². The fourth-order valence-electron chi connectivity index (χ4n) is 4.97. The Morgan fingerprint density at radius 2 is 0.857 bits per heavy atom. The molecule has 7 rings (SSSR count). The van der Waals surface area contributed by atoms with Gasteiger partial charge in [-0.15, -0.1) is 0 Å². The summed E-state index contributed by atoms with van der Waals surface area (Å²) in [6.07, 6.45) is 0. The molecule has 3 heteroatoms. The topological polar surface area (TPSA) is 30.7 Å². The Balaban J connectivity index is 1.42. The molecule has 0 amide bonds. The largest absolute Gasteiger partial charge is 0.309 e. The predicted molar refractivity (Wildman–Crippen MR) is 145 cm³/mol. The number of hydrogen-bond donors (Lipinski definition) is 0. The van der Waals surface area contributed by atoms with Gasteiger partial charge in [-0.25, -0.2) is 9.97 Å². The van der Waals surface area contributed by atoms with Crippen molar-refractivity contribution in [1.82, 2.24) is 14.5 Å². The molecule has 0 N–H and O–H groups in total. The van der Waals surface area contributed by atoms with Crippen LogP contribution >= 0.6 is 0 Å². The molecule has 0 spiro atoms. The van der Waals surface area contributed by atoms with Crippen LogP contribution in [0.15, 0.2) is 127 Å². The molecular weight excluding hydrogens is 426 g/mol. The number of hydrogen-bond acceptors (Lipinski definition) is 2. The summed E-state index contributed by atoms with van der Waals surface area (Å²) in [5.74, 6) is 0. The Hall–Kier alpha value is -4.76. The highest BCUT2D eigenvalue weighted by atomic mass is 15.0. The van der Waals surface area contributed by atoms with Gasteiger partial charge in [0, 0.05) is 27.6 Å². The minimum absolute atomic E-state index is 0.892. The van der Waals surface area contributed by atoms with Crippen LogP contribution in [0.5, 0.6) is 0 Å². The first kappa shape index (κ1) is 19.7. The Morgan fingerprint density at radius 3 is 1.43 bits per heavy atom. The Kier molecular flexibility index (Phi) is 4.46. The molecule has 0 aliphatic carbocycles. The van der Waals surface area contributed by atoms with Gasteiger partial charge in [-0.2, -0.15) is 0 Å². The lowest BCUT2D eigenvalue weighted by atomic mass is 10.0. The van der Waals surface area contributed by atoms with E-state index in [0.717, 1.165) is 39.2 Å². The summed E-state index contributed by atoms with van der Waals surface area (Å²) >= 11 is 0. The molecule has 3 nitrogen and oxygen atoms in total. The van der Waals surface area contributed by atoms with Crippen LogP contribution in [-0.4, -0.2) is 14.5 Å². The highest BCUT2D eigenvalue weighted by molar-refractivity contribution is 6.09. The van der Waals surface area contributed by atoms with Gasteiger partial charge in [-0.05, 0) is 36.4 Å². The van der Waals surface area contributed by atoms with Crippen molar-refractivity contribution >= 4 is 32.8 Å². The fraction of sp³-hybridized carbons (Fsp3) is 0. The van der Waals surface area contributed by atoms with Crippen molar-refractivity contribution in [2.45, 2.75) is 0 Å². The summed E-state index contributed by atoms with van der Waals surface area (Å²) < 4.78 is 2.33. The van der Waals surface area contributed by atoms with Gasteiger partial charge in [-0.3, -0.25) is 0 Å². The van der Waals surface area contributed by atoms with Gasteiger partial charge in [0.1, 0.15) is 0 Å². The second kappa shape index (κ2) is 7.93. The van der Waals surface area contributed by atoms with Crippen LogP contribution in [0.3, 0.4) is 0 Å². The van der Waals surface area contributed by atoms with E-state index in [4.69, 9.17) is 9.97 Å². The smallest absolute Gasteiger partial charge is 0.0973 e. The van der Waals surface area contributed by atoms with Crippen LogP contribution in [0.1, 0.15) is 0 Å². The fourth-order valence-corrected chi connectivity index (χ4v) is 4.97. The summed E-state index contributed by atoms with van der Waals surface area (Å²) in [6, 6.07) is 44.2. The van der Waals surface area contributed by atoms with Crippen molar-refractivity contribution in [3.05, 3.63) is 127 Å².